The van der Waals surface area contributed by atoms with E-state index < -0.39 is 11.9 Å². The SMILES string of the molecule is COC(=O)c1c(C)nc(C)c(C(=O)OC)c1-c1cc(OC)c2sc3ccccc3c2n1. The van der Waals surface area contributed by atoms with Gasteiger partial charge in [0.05, 0.1) is 59.8 Å². The number of aromatic nitrogens is 2. The van der Waals surface area contributed by atoms with Crippen LogP contribution in [0.1, 0.15) is 32.1 Å². The molecule has 8 heteroatoms. The van der Waals surface area contributed by atoms with Gasteiger partial charge in [-0.1, -0.05) is 18.2 Å². The summed E-state index contributed by atoms with van der Waals surface area (Å²) >= 11 is 1.57. The Morgan fingerprint density at radius 1 is 0.903 bits per heavy atom. The number of carbonyl (C=O) groups is 2. The van der Waals surface area contributed by atoms with Crippen LogP contribution in [0.4, 0.5) is 0 Å². The molecule has 0 N–H and O–H groups in total. The standard InChI is InChI=1S/C23H20N2O5S/c1-11-17(22(26)29-4)19(18(12(2)24-11)23(27)30-5)14-10-15(28-3)21-20(25-14)13-8-6-7-9-16(13)31-21/h6-10H,1-5H3. The summed E-state index contributed by atoms with van der Waals surface area (Å²) in [5, 5.41) is 0.962. The maximum Gasteiger partial charge on any atom is 0.340 e. The van der Waals surface area contributed by atoms with E-state index in [9.17, 15) is 9.59 Å². The molecule has 0 aliphatic heterocycles. The molecule has 7 nitrogen and oxygen atoms in total. The highest BCUT2D eigenvalue weighted by atomic mass is 32.1. The second-order valence-electron chi connectivity index (χ2n) is 6.88. The molecule has 3 aromatic heterocycles. The van der Waals surface area contributed by atoms with Gasteiger partial charge in [-0.2, -0.15) is 0 Å². The van der Waals surface area contributed by atoms with Crippen molar-refractivity contribution in [1.82, 2.24) is 9.97 Å². The zero-order valence-electron chi connectivity index (χ0n) is 17.7. The van der Waals surface area contributed by atoms with Crippen LogP contribution in [0, 0.1) is 13.8 Å². The second kappa shape index (κ2) is 7.96. The molecule has 0 atom stereocenters. The number of ether oxygens (including phenoxy) is 3. The maximum absolute atomic E-state index is 12.7. The number of hydrogen-bond acceptors (Lipinski definition) is 8. The number of rotatable bonds is 4. The Hall–Kier alpha value is -3.52. The molecule has 1 aromatic carbocycles. The van der Waals surface area contributed by atoms with E-state index in [1.807, 2.05) is 24.3 Å². The molecule has 0 aliphatic rings. The second-order valence-corrected chi connectivity index (χ2v) is 7.93. The van der Waals surface area contributed by atoms with Gasteiger partial charge < -0.3 is 14.2 Å². The van der Waals surface area contributed by atoms with E-state index in [1.54, 1.807) is 38.4 Å². The number of pyridine rings is 2. The quantitative estimate of drug-likeness (QED) is 0.428. The van der Waals surface area contributed by atoms with Crippen molar-refractivity contribution in [2.75, 3.05) is 21.3 Å². The number of nitrogens with zero attached hydrogens (tertiary/aromatic N) is 2. The fraction of sp³-hybridized carbons (Fsp3) is 0.217. The molecule has 0 spiro atoms. The van der Waals surface area contributed by atoms with Crippen LogP contribution in [0.2, 0.25) is 0 Å². The predicted molar refractivity (Wildman–Crippen MR) is 119 cm³/mol. The lowest BCUT2D eigenvalue weighted by Crippen LogP contribution is -2.16. The lowest BCUT2D eigenvalue weighted by atomic mass is 9.95. The summed E-state index contributed by atoms with van der Waals surface area (Å²) in [5.41, 5.74) is 2.66. The molecule has 31 heavy (non-hydrogen) atoms. The van der Waals surface area contributed by atoms with Gasteiger partial charge in [-0.05, 0) is 19.9 Å². The van der Waals surface area contributed by atoms with Crippen LogP contribution in [0.3, 0.4) is 0 Å². The van der Waals surface area contributed by atoms with Gasteiger partial charge in [0.15, 0.2) is 0 Å². The summed E-state index contributed by atoms with van der Waals surface area (Å²) in [7, 11) is 4.15. The first-order valence-electron chi connectivity index (χ1n) is 9.45. The normalized spacial score (nSPS) is 11.0. The van der Waals surface area contributed by atoms with Gasteiger partial charge >= 0.3 is 11.9 Å². The summed E-state index contributed by atoms with van der Waals surface area (Å²) in [6, 6.07) is 9.63. The van der Waals surface area contributed by atoms with Crippen molar-refractivity contribution in [3.05, 3.63) is 52.8 Å². The lowest BCUT2D eigenvalue weighted by Gasteiger charge is -2.17. The first kappa shape index (κ1) is 20.7. The van der Waals surface area contributed by atoms with E-state index in [0.29, 0.717) is 28.4 Å². The number of carbonyl (C=O) groups excluding carboxylic acids is 2. The van der Waals surface area contributed by atoms with Crippen LogP contribution < -0.4 is 4.74 Å². The van der Waals surface area contributed by atoms with Gasteiger partial charge in [-0.25, -0.2) is 14.6 Å². The third-order valence-electron chi connectivity index (χ3n) is 5.11. The molecule has 4 rings (SSSR count). The fourth-order valence-corrected chi connectivity index (χ4v) is 4.88. The summed E-state index contributed by atoms with van der Waals surface area (Å²) in [4.78, 5) is 34.7. The van der Waals surface area contributed by atoms with Crippen molar-refractivity contribution >= 4 is 43.6 Å². The first-order valence-corrected chi connectivity index (χ1v) is 10.3. The van der Waals surface area contributed by atoms with Crippen LogP contribution in [0.5, 0.6) is 5.75 Å². The molecule has 3 heterocycles. The van der Waals surface area contributed by atoms with Crippen molar-refractivity contribution in [2.45, 2.75) is 13.8 Å². The molecular weight excluding hydrogens is 416 g/mol. The van der Waals surface area contributed by atoms with Crippen molar-refractivity contribution in [3.63, 3.8) is 0 Å². The van der Waals surface area contributed by atoms with Crippen LogP contribution in [-0.2, 0) is 9.47 Å². The summed E-state index contributed by atoms with van der Waals surface area (Å²) < 4.78 is 17.6. The molecule has 0 fully saturated rings. The molecule has 0 radical (unpaired) electrons. The molecule has 0 saturated carbocycles. The first-order chi connectivity index (χ1) is 14.9. The van der Waals surface area contributed by atoms with Gasteiger partial charge in [-0.3, -0.25) is 4.98 Å². The van der Waals surface area contributed by atoms with Gasteiger partial charge in [0.1, 0.15) is 5.75 Å². The minimum absolute atomic E-state index is 0.168. The van der Waals surface area contributed by atoms with Crippen molar-refractivity contribution in [3.8, 4) is 17.0 Å². The minimum Gasteiger partial charge on any atom is -0.495 e. The Morgan fingerprint density at radius 2 is 1.52 bits per heavy atom. The Bertz CT molecular complexity index is 1320. The van der Waals surface area contributed by atoms with Gasteiger partial charge in [0, 0.05) is 21.7 Å². The average Bonchev–Trinajstić information content (AvgIpc) is 3.15. The Morgan fingerprint density at radius 3 is 2.10 bits per heavy atom. The number of esters is 2. The van der Waals surface area contributed by atoms with E-state index >= 15 is 0 Å². The molecule has 0 amide bonds. The number of aryl methyl sites for hydroxylation is 2. The van der Waals surface area contributed by atoms with Gasteiger partial charge in [-0.15, -0.1) is 11.3 Å². The fourth-order valence-electron chi connectivity index (χ4n) is 3.74. The van der Waals surface area contributed by atoms with Crippen molar-refractivity contribution in [1.29, 1.82) is 0 Å². The summed E-state index contributed by atoms with van der Waals surface area (Å²) in [6.07, 6.45) is 0. The maximum atomic E-state index is 12.7. The summed E-state index contributed by atoms with van der Waals surface area (Å²) in [5.74, 6) is -0.623. The molecule has 0 unspecified atom stereocenters. The molecular formula is C23H20N2O5S. The molecule has 0 aliphatic carbocycles. The van der Waals surface area contributed by atoms with Crippen molar-refractivity contribution < 1.29 is 23.8 Å². The Balaban J connectivity index is 2.17. The third kappa shape index (κ3) is 3.29. The highest BCUT2D eigenvalue weighted by Gasteiger charge is 2.29. The topological polar surface area (TPSA) is 87.6 Å². The van der Waals surface area contributed by atoms with Gasteiger partial charge in [0.25, 0.3) is 0 Å². The number of thiophene rings is 1. The van der Waals surface area contributed by atoms with E-state index in [4.69, 9.17) is 19.2 Å². The van der Waals surface area contributed by atoms with Crippen LogP contribution in [0.25, 0.3) is 31.6 Å². The van der Waals surface area contributed by atoms with E-state index in [2.05, 4.69) is 4.98 Å². The van der Waals surface area contributed by atoms with E-state index in [1.165, 1.54) is 14.2 Å². The molecule has 0 bridgehead atoms. The number of fused-ring (bicyclic) bond motifs is 3. The number of hydrogen-bond donors (Lipinski definition) is 0. The molecule has 158 valence electrons. The van der Waals surface area contributed by atoms with Crippen LogP contribution >= 0.6 is 11.3 Å². The lowest BCUT2D eigenvalue weighted by molar-refractivity contribution is 0.0599. The zero-order chi connectivity index (χ0) is 22.3. The van der Waals surface area contributed by atoms with E-state index in [-0.39, 0.29) is 11.1 Å². The average molecular weight is 436 g/mol. The van der Waals surface area contributed by atoms with Crippen molar-refractivity contribution in [2.24, 2.45) is 0 Å². The van der Waals surface area contributed by atoms with Crippen LogP contribution in [-0.4, -0.2) is 43.2 Å². The largest absolute Gasteiger partial charge is 0.495 e. The number of methoxy groups -OCH3 is 3. The highest BCUT2D eigenvalue weighted by molar-refractivity contribution is 7.26. The van der Waals surface area contributed by atoms with E-state index in [0.717, 1.165) is 20.3 Å². The summed E-state index contributed by atoms with van der Waals surface area (Å²) in [6.45, 7) is 3.39. The monoisotopic (exact) mass is 436 g/mol. The smallest absolute Gasteiger partial charge is 0.340 e. The highest BCUT2D eigenvalue weighted by Crippen LogP contribution is 2.42. The Kier molecular flexibility index (Phi) is 5.32. The zero-order valence-corrected chi connectivity index (χ0v) is 18.5. The molecule has 0 saturated heterocycles. The molecule has 4 aromatic rings. The minimum atomic E-state index is -0.610. The predicted octanol–water partition coefficient (Wildman–Crippen LogP) is 4.71. The van der Waals surface area contributed by atoms with Crippen LogP contribution in [0.15, 0.2) is 30.3 Å². The third-order valence-corrected chi connectivity index (χ3v) is 6.28. The van der Waals surface area contributed by atoms with Gasteiger partial charge in [0.2, 0.25) is 0 Å². The number of benzene rings is 1. The Labute approximate surface area is 182 Å².